The Hall–Kier alpha value is -0.410. The van der Waals surface area contributed by atoms with Gasteiger partial charge in [0.25, 0.3) is 0 Å². The van der Waals surface area contributed by atoms with E-state index in [9.17, 15) is 0 Å². The molecule has 1 aliphatic rings. The number of guanidine groups is 1. The van der Waals surface area contributed by atoms with Crippen LogP contribution in [0.5, 0.6) is 0 Å². The predicted octanol–water partition coefficient (Wildman–Crippen LogP) is 3.60. The van der Waals surface area contributed by atoms with Crippen LogP contribution in [0.1, 0.15) is 48.2 Å². The maximum atomic E-state index is 4.61. The summed E-state index contributed by atoms with van der Waals surface area (Å²) in [5.74, 6) is 1.69. The molecule has 1 fully saturated rings. The molecule has 0 spiro atoms. The molecule has 0 saturated heterocycles. The first-order valence-electron chi connectivity index (χ1n) is 9.41. The Bertz CT molecular complexity index is 567. The Morgan fingerprint density at radius 3 is 2.62 bits per heavy atom. The van der Waals surface area contributed by atoms with E-state index in [0.717, 1.165) is 37.1 Å². The topological polar surface area (TPSA) is 52.6 Å². The molecule has 0 radical (unpaired) electrons. The summed E-state index contributed by atoms with van der Waals surface area (Å²) in [7, 11) is 6.27. The lowest BCUT2D eigenvalue weighted by molar-refractivity contribution is 0.0796. The Kier molecular flexibility index (Phi) is 9.82. The number of aryl methyl sites for hydroxylation is 2. The minimum absolute atomic E-state index is 0. The first-order chi connectivity index (χ1) is 11.9. The molecular formula is C19H36IN5S. The van der Waals surface area contributed by atoms with Crippen LogP contribution in [0.15, 0.2) is 4.99 Å². The van der Waals surface area contributed by atoms with Gasteiger partial charge in [-0.3, -0.25) is 4.99 Å². The van der Waals surface area contributed by atoms with E-state index in [0.29, 0.717) is 0 Å². The van der Waals surface area contributed by atoms with Gasteiger partial charge in [-0.05, 0) is 46.7 Å². The number of aliphatic imine (C=N–C) groups is 1. The number of thiazole rings is 1. The molecule has 2 N–H and O–H groups in total. The van der Waals surface area contributed by atoms with Gasteiger partial charge in [0.15, 0.2) is 5.96 Å². The second-order valence-electron chi connectivity index (χ2n) is 7.67. The summed E-state index contributed by atoms with van der Waals surface area (Å²) in [6.45, 7) is 8.39. The van der Waals surface area contributed by atoms with Crippen molar-refractivity contribution in [3.63, 3.8) is 0 Å². The van der Waals surface area contributed by atoms with Crippen molar-refractivity contribution < 1.29 is 0 Å². The molecule has 1 aromatic rings. The highest BCUT2D eigenvalue weighted by atomic mass is 127. The van der Waals surface area contributed by atoms with E-state index < -0.39 is 0 Å². The monoisotopic (exact) mass is 493 g/mol. The van der Waals surface area contributed by atoms with Crippen LogP contribution in [-0.4, -0.2) is 55.6 Å². The van der Waals surface area contributed by atoms with E-state index in [-0.39, 0.29) is 29.5 Å². The van der Waals surface area contributed by atoms with E-state index in [1.807, 2.05) is 7.05 Å². The second-order valence-corrected chi connectivity index (χ2v) is 8.96. The second kappa shape index (κ2) is 10.8. The molecule has 1 aliphatic carbocycles. The van der Waals surface area contributed by atoms with Crippen molar-refractivity contribution in [2.24, 2.45) is 10.9 Å². The zero-order valence-corrected chi connectivity index (χ0v) is 20.3. The molecule has 5 nitrogen and oxygen atoms in total. The van der Waals surface area contributed by atoms with Gasteiger partial charge in [-0.25, -0.2) is 4.98 Å². The minimum atomic E-state index is 0. The van der Waals surface area contributed by atoms with E-state index >= 15 is 0 Å². The fourth-order valence-corrected chi connectivity index (χ4v) is 4.69. The number of aromatic nitrogens is 1. The van der Waals surface area contributed by atoms with Crippen molar-refractivity contribution in [1.82, 2.24) is 20.5 Å². The van der Waals surface area contributed by atoms with Crippen LogP contribution in [0.2, 0.25) is 0 Å². The van der Waals surface area contributed by atoms with Crippen LogP contribution in [-0.2, 0) is 6.42 Å². The third-order valence-electron chi connectivity index (χ3n) is 5.53. The lowest BCUT2D eigenvalue weighted by Gasteiger charge is -2.45. The molecule has 1 aromatic heterocycles. The van der Waals surface area contributed by atoms with Gasteiger partial charge in [-0.15, -0.1) is 35.3 Å². The number of hydrogen-bond acceptors (Lipinski definition) is 4. The summed E-state index contributed by atoms with van der Waals surface area (Å²) < 4.78 is 0. The number of likely N-dealkylation sites (N-methyl/N-ethyl adjacent to an activating group) is 1. The first-order valence-corrected chi connectivity index (χ1v) is 10.2. The zero-order chi connectivity index (χ0) is 18.4. The van der Waals surface area contributed by atoms with Crippen LogP contribution >= 0.6 is 35.3 Å². The quantitative estimate of drug-likeness (QED) is 0.361. The van der Waals surface area contributed by atoms with Gasteiger partial charge in [0.2, 0.25) is 0 Å². The SMILES string of the molecule is CN=C(NCCc1nc(C)c(C)s1)NCC1(N(C)C)CCCC(C)C1.I. The van der Waals surface area contributed by atoms with E-state index in [4.69, 9.17) is 0 Å². The summed E-state index contributed by atoms with van der Waals surface area (Å²) in [4.78, 5) is 12.7. The predicted molar refractivity (Wildman–Crippen MR) is 124 cm³/mol. The highest BCUT2D eigenvalue weighted by Gasteiger charge is 2.36. The molecule has 0 amide bonds. The van der Waals surface area contributed by atoms with E-state index in [1.54, 1.807) is 11.3 Å². The van der Waals surface area contributed by atoms with E-state index in [2.05, 4.69) is 60.4 Å². The molecule has 2 unspecified atom stereocenters. The van der Waals surface area contributed by atoms with Gasteiger partial charge in [0.05, 0.1) is 10.7 Å². The smallest absolute Gasteiger partial charge is 0.191 e. The van der Waals surface area contributed by atoms with Gasteiger partial charge in [0.1, 0.15) is 0 Å². The lowest BCUT2D eigenvalue weighted by Crippen LogP contribution is -2.56. The van der Waals surface area contributed by atoms with Crippen molar-refractivity contribution in [3.8, 4) is 0 Å². The number of rotatable bonds is 6. The highest BCUT2D eigenvalue weighted by Crippen LogP contribution is 2.35. The van der Waals surface area contributed by atoms with Crippen LogP contribution < -0.4 is 10.6 Å². The summed E-state index contributed by atoms with van der Waals surface area (Å²) in [5, 5.41) is 8.20. The summed E-state index contributed by atoms with van der Waals surface area (Å²) in [5.41, 5.74) is 1.39. The molecule has 26 heavy (non-hydrogen) atoms. The molecule has 1 saturated carbocycles. The average molecular weight is 494 g/mol. The van der Waals surface area contributed by atoms with Gasteiger partial charge in [-0.2, -0.15) is 0 Å². The molecule has 1 heterocycles. The Morgan fingerprint density at radius 1 is 1.35 bits per heavy atom. The number of nitrogens with zero attached hydrogens (tertiary/aromatic N) is 3. The normalized spacial score (nSPS) is 23.7. The Balaban J connectivity index is 0.00000338. The third-order valence-corrected chi connectivity index (χ3v) is 6.66. The minimum Gasteiger partial charge on any atom is -0.356 e. The van der Waals surface area contributed by atoms with Crippen LogP contribution in [0.4, 0.5) is 0 Å². The van der Waals surface area contributed by atoms with Crippen molar-refractivity contribution in [2.45, 2.75) is 58.4 Å². The standard InChI is InChI=1S/C19H35N5S.HI/c1-14-8-7-10-19(12-14,24(5)6)13-22-18(20-4)21-11-9-17-23-15(2)16(3)25-17;/h14H,7-13H2,1-6H3,(H2,20,21,22);1H. The largest absolute Gasteiger partial charge is 0.356 e. The van der Waals surface area contributed by atoms with Crippen LogP contribution in [0.25, 0.3) is 0 Å². The van der Waals surface area contributed by atoms with Crippen molar-refractivity contribution >= 4 is 41.3 Å². The van der Waals surface area contributed by atoms with Crippen LogP contribution in [0.3, 0.4) is 0 Å². The molecular weight excluding hydrogens is 457 g/mol. The summed E-state index contributed by atoms with van der Waals surface area (Å²) >= 11 is 1.80. The lowest BCUT2D eigenvalue weighted by atomic mass is 9.75. The average Bonchev–Trinajstić information content (AvgIpc) is 2.88. The molecule has 0 aromatic carbocycles. The highest BCUT2D eigenvalue weighted by molar-refractivity contribution is 14.0. The van der Waals surface area contributed by atoms with E-state index in [1.165, 1.54) is 35.6 Å². The third kappa shape index (κ3) is 6.34. The Morgan fingerprint density at radius 2 is 2.08 bits per heavy atom. The first kappa shape index (κ1) is 23.6. The van der Waals surface area contributed by atoms with Gasteiger partial charge < -0.3 is 15.5 Å². The fourth-order valence-electron chi connectivity index (χ4n) is 3.76. The maximum Gasteiger partial charge on any atom is 0.191 e. The van der Waals surface area contributed by atoms with Crippen molar-refractivity contribution in [2.75, 3.05) is 34.2 Å². The molecule has 0 bridgehead atoms. The maximum absolute atomic E-state index is 4.61. The van der Waals surface area contributed by atoms with Crippen molar-refractivity contribution in [1.29, 1.82) is 0 Å². The van der Waals surface area contributed by atoms with Gasteiger partial charge in [-0.1, -0.05) is 19.8 Å². The van der Waals surface area contributed by atoms with Crippen molar-refractivity contribution in [3.05, 3.63) is 15.6 Å². The fraction of sp³-hybridized carbons (Fsp3) is 0.789. The number of halogens is 1. The number of nitrogens with one attached hydrogen (secondary N) is 2. The molecule has 7 heteroatoms. The molecule has 150 valence electrons. The number of hydrogen-bond donors (Lipinski definition) is 2. The summed E-state index contributed by atoms with van der Waals surface area (Å²) in [6, 6.07) is 0. The molecule has 2 atom stereocenters. The van der Waals surface area contributed by atoms with Gasteiger partial charge in [0, 0.05) is 37.0 Å². The molecule has 2 rings (SSSR count). The Labute approximate surface area is 180 Å². The molecule has 0 aliphatic heterocycles. The summed E-state index contributed by atoms with van der Waals surface area (Å²) in [6.07, 6.45) is 6.12. The van der Waals surface area contributed by atoms with Gasteiger partial charge >= 0.3 is 0 Å². The van der Waals surface area contributed by atoms with Crippen LogP contribution in [0, 0.1) is 19.8 Å². The zero-order valence-electron chi connectivity index (χ0n) is 17.2.